The number of carbonyl (C=O) groups excluding carboxylic acids is 1. The second-order valence-electron chi connectivity index (χ2n) is 6.73. The highest BCUT2D eigenvalue weighted by atomic mass is 79.9. The van der Waals surface area contributed by atoms with Crippen LogP contribution in [-0.2, 0) is 6.61 Å². The van der Waals surface area contributed by atoms with E-state index in [1.54, 1.807) is 30.3 Å². The molecule has 0 radical (unpaired) electrons. The highest BCUT2D eigenvalue weighted by Gasteiger charge is 2.12. The van der Waals surface area contributed by atoms with Crippen LogP contribution in [0.5, 0.6) is 17.2 Å². The van der Waals surface area contributed by atoms with Gasteiger partial charge in [-0.3, -0.25) is 4.79 Å². The number of carbonyl (C=O) groups is 1. The van der Waals surface area contributed by atoms with Crippen LogP contribution in [0.3, 0.4) is 0 Å². The van der Waals surface area contributed by atoms with Crippen molar-refractivity contribution in [2.45, 2.75) is 13.5 Å². The lowest BCUT2D eigenvalue weighted by atomic mass is 10.2. The van der Waals surface area contributed by atoms with Gasteiger partial charge in [-0.15, -0.1) is 0 Å². The zero-order valence-electron chi connectivity index (χ0n) is 17.9. The van der Waals surface area contributed by atoms with Crippen LogP contribution in [0.15, 0.2) is 64.2 Å². The Bertz CT molecular complexity index is 1130. The predicted molar refractivity (Wildman–Crippen MR) is 134 cm³/mol. The molecule has 0 bridgehead atoms. The first kappa shape index (κ1) is 24.9. The number of methoxy groups -OCH3 is 1. The number of benzene rings is 3. The molecule has 0 aliphatic carbocycles. The second-order valence-corrected chi connectivity index (χ2v) is 8.46. The summed E-state index contributed by atoms with van der Waals surface area (Å²) in [7, 11) is 1.51. The Hall–Kier alpha value is -2.74. The highest BCUT2D eigenvalue weighted by Crippen LogP contribution is 2.34. The van der Waals surface area contributed by atoms with Crippen molar-refractivity contribution >= 4 is 51.3 Å². The Balaban J connectivity index is 1.64. The van der Waals surface area contributed by atoms with Crippen LogP contribution in [0, 0.1) is 0 Å². The Morgan fingerprint density at radius 2 is 1.73 bits per heavy atom. The van der Waals surface area contributed by atoms with Gasteiger partial charge in [0.15, 0.2) is 17.2 Å². The molecule has 6 nitrogen and oxygen atoms in total. The average Bonchev–Trinajstić information content (AvgIpc) is 2.80. The summed E-state index contributed by atoms with van der Waals surface area (Å²) in [4.78, 5) is 12.4. The molecule has 0 saturated heterocycles. The lowest BCUT2D eigenvalue weighted by Crippen LogP contribution is -2.17. The van der Waals surface area contributed by atoms with E-state index >= 15 is 0 Å². The van der Waals surface area contributed by atoms with Crippen molar-refractivity contribution in [1.29, 1.82) is 0 Å². The van der Waals surface area contributed by atoms with Crippen LogP contribution in [0.4, 0.5) is 0 Å². The molecule has 3 aromatic rings. The third-order valence-corrected chi connectivity index (χ3v) is 5.51. The molecule has 1 amide bonds. The number of hydrogen-bond donors (Lipinski definition) is 1. The fraction of sp³-hybridized carbons (Fsp3) is 0.167. The normalized spacial score (nSPS) is 10.8. The number of rotatable bonds is 9. The fourth-order valence-electron chi connectivity index (χ4n) is 2.84. The van der Waals surface area contributed by atoms with E-state index in [4.69, 9.17) is 37.4 Å². The van der Waals surface area contributed by atoms with E-state index in [1.165, 1.54) is 13.3 Å². The molecule has 0 aliphatic rings. The van der Waals surface area contributed by atoms with Crippen LogP contribution in [0.2, 0.25) is 10.0 Å². The van der Waals surface area contributed by atoms with E-state index in [2.05, 4.69) is 26.5 Å². The SMILES string of the molecule is CCOc1ccc(C(=O)N/N=C/c2cc(Cl)c(OCc3ccc(Br)cc3)c(Cl)c2)cc1OC. The van der Waals surface area contributed by atoms with E-state index in [1.807, 2.05) is 31.2 Å². The third kappa shape index (κ3) is 6.87. The molecule has 0 atom stereocenters. The van der Waals surface area contributed by atoms with Crippen LogP contribution >= 0.6 is 39.1 Å². The van der Waals surface area contributed by atoms with E-state index in [-0.39, 0.29) is 0 Å². The molecule has 172 valence electrons. The van der Waals surface area contributed by atoms with Crippen molar-refractivity contribution in [3.05, 3.63) is 85.8 Å². The fourth-order valence-corrected chi connectivity index (χ4v) is 3.72. The molecule has 1 N–H and O–H groups in total. The lowest BCUT2D eigenvalue weighted by molar-refractivity contribution is 0.0954. The summed E-state index contributed by atoms with van der Waals surface area (Å²) in [5, 5.41) is 4.66. The molecule has 3 aromatic carbocycles. The maximum absolute atomic E-state index is 12.4. The van der Waals surface area contributed by atoms with Gasteiger partial charge in [0.2, 0.25) is 0 Å². The van der Waals surface area contributed by atoms with E-state index in [0.29, 0.717) is 51.6 Å². The molecule has 0 spiro atoms. The topological polar surface area (TPSA) is 69.2 Å². The number of ether oxygens (including phenoxy) is 3. The number of amides is 1. The minimum atomic E-state index is -0.403. The largest absolute Gasteiger partial charge is 0.493 e. The van der Waals surface area contributed by atoms with Gasteiger partial charge in [-0.25, -0.2) is 5.43 Å². The number of nitrogens with zero attached hydrogens (tertiary/aromatic N) is 1. The molecule has 0 unspecified atom stereocenters. The summed E-state index contributed by atoms with van der Waals surface area (Å²) in [6, 6.07) is 15.9. The molecule has 0 heterocycles. The zero-order valence-corrected chi connectivity index (χ0v) is 21.0. The summed E-state index contributed by atoms with van der Waals surface area (Å²) in [5.41, 5.74) is 4.42. The van der Waals surface area contributed by atoms with Gasteiger partial charge in [-0.1, -0.05) is 51.3 Å². The Labute approximate surface area is 210 Å². The molecule has 9 heteroatoms. The number of halogens is 3. The van der Waals surface area contributed by atoms with Gasteiger partial charge in [-0.05, 0) is 60.5 Å². The maximum atomic E-state index is 12.4. The van der Waals surface area contributed by atoms with Crippen LogP contribution in [0.1, 0.15) is 28.4 Å². The smallest absolute Gasteiger partial charge is 0.271 e. The van der Waals surface area contributed by atoms with Crippen molar-refractivity contribution in [1.82, 2.24) is 5.43 Å². The van der Waals surface area contributed by atoms with Gasteiger partial charge >= 0.3 is 0 Å². The van der Waals surface area contributed by atoms with Gasteiger partial charge in [0.1, 0.15) is 6.61 Å². The van der Waals surface area contributed by atoms with Crippen LogP contribution < -0.4 is 19.6 Å². The highest BCUT2D eigenvalue weighted by molar-refractivity contribution is 9.10. The quantitative estimate of drug-likeness (QED) is 0.243. The van der Waals surface area contributed by atoms with Crippen molar-refractivity contribution in [2.24, 2.45) is 5.10 Å². The molecule has 0 fully saturated rings. The van der Waals surface area contributed by atoms with Gasteiger partial charge in [0.25, 0.3) is 5.91 Å². The Morgan fingerprint density at radius 3 is 2.36 bits per heavy atom. The predicted octanol–water partition coefficient (Wildman–Crippen LogP) is 6.51. The molecular formula is C24H21BrCl2N2O4. The first-order chi connectivity index (χ1) is 15.9. The standard InChI is InChI=1S/C24H21BrCl2N2O4/c1-3-32-21-9-6-17(12-22(21)31-2)24(30)29-28-13-16-10-19(26)23(20(27)11-16)33-14-15-4-7-18(25)8-5-15/h4-13H,3,14H2,1-2H3,(H,29,30)/b28-13+. The third-order valence-electron chi connectivity index (χ3n) is 4.42. The molecule has 3 rings (SSSR count). The second kappa shape index (κ2) is 11.9. The number of nitrogens with one attached hydrogen (secondary N) is 1. The first-order valence-corrected chi connectivity index (χ1v) is 11.5. The van der Waals surface area contributed by atoms with Gasteiger partial charge in [0, 0.05) is 10.0 Å². The van der Waals surface area contributed by atoms with Crippen molar-refractivity contribution in [2.75, 3.05) is 13.7 Å². The van der Waals surface area contributed by atoms with E-state index in [9.17, 15) is 4.79 Å². The molecular weight excluding hydrogens is 531 g/mol. The number of hydrogen-bond acceptors (Lipinski definition) is 5. The van der Waals surface area contributed by atoms with Gasteiger partial charge < -0.3 is 14.2 Å². The molecule has 0 saturated carbocycles. The summed E-state index contributed by atoms with van der Waals surface area (Å²) in [6.45, 7) is 2.68. The van der Waals surface area contributed by atoms with Crippen molar-refractivity contribution in [3.63, 3.8) is 0 Å². The maximum Gasteiger partial charge on any atom is 0.271 e. The number of hydrazone groups is 1. The minimum Gasteiger partial charge on any atom is -0.493 e. The molecule has 0 aromatic heterocycles. The minimum absolute atomic E-state index is 0.321. The monoisotopic (exact) mass is 550 g/mol. The van der Waals surface area contributed by atoms with Crippen LogP contribution in [0.25, 0.3) is 0 Å². The summed E-state index contributed by atoms with van der Waals surface area (Å²) < 4.78 is 17.5. The first-order valence-electron chi connectivity index (χ1n) is 9.91. The Kier molecular flexibility index (Phi) is 9.00. The summed E-state index contributed by atoms with van der Waals surface area (Å²) in [5.74, 6) is 1.00. The molecule has 0 aliphatic heterocycles. The van der Waals surface area contributed by atoms with Gasteiger partial charge in [-0.2, -0.15) is 5.10 Å². The van der Waals surface area contributed by atoms with Crippen molar-refractivity contribution < 1.29 is 19.0 Å². The molecule has 33 heavy (non-hydrogen) atoms. The van der Waals surface area contributed by atoms with Gasteiger partial charge in [0.05, 0.1) is 30.0 Å². The van der Waals surface area contributed by atoms with E-state index in [0.717, 1.165) is 10.0 Å². The lowest BCUT2D eigenvalue weighted by Gasteiger charge is -2.11. The zero-order chi connectivity index (χ0) is 23.8. The van der Waals surface area contributed by atoms with E-state index < -0.39 is 5.91 Å². The average molecular weight is 552 g/mol. The van der Waals surface area contributed by atoms with Crippen molar-refractivity contribution in [3.8, 4) is 17.2 Å². The van der Waals surface area contributed by atoms with Crippen LogP contribution in [-0.4, -0.2) is 25.8 Å². The summed E-state index contributed by atoms with van der Waals surface area (Å²) >= 11 is 16.1. The summed E-state index contributed by atoms with van der Waals surface area (Å²) in [6.07, 6.45) is 1.44. The Morgan fingerprint density at radius 1 is 1.03 bits per heavy atom.